The number of hydrogen-bond donors (Lipinski definition) is 1. The standard InChI is InChI=1S/C21H19N3O2S2/c1-24(2)21(26)28-18-12-8-16(9-13-18)23-20(25)15-6-10-17(11-7-15)27-19-5-3-4-14-22-19/h3-14H,1-2H3,(H,23,25). The van der Waals surface area contributed by atoms with E-state index in [0.717, 1.165) is 26.6 Å². The molecule has 3 rings (SSSR count). The number of carbonyl (C=O) groups is 2. The van der Waals surface area contributed by atoms with Crippen molar-refractivity contribution in [2.45, 2.75) is 14.8 Å². The van der Waals surface area contributed by atoms with Gasteiger partial charge in [-0.3, -0.25) is 9.59 Å². The zero-order valence-corrected chi connectivity index (χ0v) is 17.1. The van der Waals surface area contributed by atoms with Gasteiger partial charge in [-0.05, 0) is 72.4 Å². The maximum Gasteiger partial charge on any atom is 0.285 e. The Kier molecular flexibility index (Phi) is 6.73. The third kappa shape index (κ3) is 5.61. The molecule has 2 amide bonds. The molecule has 2 aromatic carbocycles. The van der Waals surface area contributed by atoms with Crippen molar-refractivity contribution in [3.05, 3.63) is 78.5 Å². The lowest BCUT2D eigenvalue weighted by molar-refractivity contribution is 0.102. The number of hydrogen-bond acceptors (Lipinski definition) is 5. The monoisotopic (exact) mass is 409 g/mol. The highest BCUT2D eigenvalue weighted by Crippen LogP contribution is 2.26. The molecule has 3 aromatic rings. The maximum atomic E-state index is 12.4. The van der Waals surface area contributed by atoms with E-state index in [1.54, 1.807) is 56.3 Å². The summed E-state index contributed by atoms with van der Waals surface area (Å²) < 4.78 is 0. The van der Waals surface area contributed by atoms with E-state index in [1.807, 2.05) is 42.5 Å². The number of benzene rings is 2. The lowest BCUT2D eigenvalue weighted by Gasteiger charge is -2.10. The minimum Gasteiger partial charge on any atom is -0.339 e. The highest BCUT2D eigenvalue weighted by molar-refractivity contribution is 8.13. The summed E-state index contributed by atoms with van der Waals surface area (Å²) in [4.78, 5) is 31.8. The molecule has 5 nitrogen and oxygen atoms in total. The van der Waals surface area contributed by atoms with Gasteiger partial charge in [-0.25, -0.2) is 4.98 Å². The van der Waals surface area contributed by atoms with E-state index < -0.39 is 0 Å². The minimum atomic E-state index is -0.181. The molecule has 0 saturated carbocycles. The van der Waals surface area contributed by atoms with Gasteiger partial charge >= 0.3 is 0 Å². The lowest BCUT2D eigenvalue weighted by Crippen LogP contribution is -2.16. The van der Waals surface area contributed by atoms with Crippen LogP contribution in [0.15, 0.2) is 87.7 Å². The molecule has 7 heteroatoms. The van der Waals surface area contributed by atoms with Gasteiger partial charge in [0.25, 0.3) is 11.1 Å². The lowest BCUT2D eigenvalue weighted by atomic mass is 10.2. The first kappa shape index (κ1) is 20.0. The van der Waals surface area contributed by atoms with Crippen LogP contribution in [0, 0.1) is 0 Å². The van der Waals surface area contributed by atoms with Crippen LogP contribution in [0.3, 0.4) is 0 Å². The van der Waals surface area contributed by atoms with Crippen molar-refractivity contribution in [1.29, 1.82) is 0 Å². The fourth-order valence-corrected chi connectivity index (χ4v) is 3.63. The van der Waals surface area contributed by atoms with Gasteiger partial charge in [-0.15, -0.1) is 0 Å². The van der Waals surface area contributed by atoms with Gasteiger partial charge in [-0.2, -0.15) is 0 Å². The van der Waals surface area contributed by atoms with Gasteiger partial charge in [0.15, 0.2) is 0 Å². The molecule has 0 fully saturated rings. The number of pyridine rings is 1. The van der Waals surface area contributed by atoms with Crippen LogP contribution >= 0.6 is 23.5 Å². The summed E-state index contributed by atoms with van der Waals surface area (Å²) in [5.74, 6) is -0.181. The Balaban J connectivity index is 1.59. The smallest absolute Gasteiger partial charge is 0.285 e. The Morgan fingerprint density at radius 1 is 0.893 bits per heavy atom. The van der Waals surface area contributed by atoms with E-state index in [-0.39, 0.29) is 11.1 Å². The Morgan fingerprint density at radius 3 is 2.18 bits per heavy atom. The fraction of sp³-hybridized carbons (Fsp3) is 0.0952. The molecule has 0 radical (unpaired) electrons. The van der Waals surface area contributed by atoms with Crippen molar-refractivity contribution in [1.82, 2.24) is 9.88 Å². The topological polar surface area (TPSA) is 62.3 Å². The summed E-state index contributed by atoms with van der Waals surface area (Å²) in [6.07, 6.45) is 1.75. The quantitative estimate of drug-likeness (QED) is 0.583. The van der Waals surface area contributed by atoms with Crippen LogP contribution in [-0.4, -0.2) is 35.1 Å². The molecule has 28 heavy (non-hydrogen) atoms. The largest absolute Gasteiger partial charge is 0.339 e. The number of carbonyl (C=O) groups excluding carboxylic acids is 2. The summed E-state index contributed by atoms with van der Waals surface area (Å²) in [6.45, 7) is 0. The Hall–Kier alpha value is -2.77. The Bertz CT molecular complexity index is 944. The molecule has 0 aliphatic heterocycles. The van der Waals surface area contributed by atoms with E-state index in [2.05, 4.69) is 10.3 Å². The van der Waals surface area contributed by atoms with Gasteiger partial charge in [0.1, 0.15) is 5.03 Å². The fourth-order valence-electron chi connectivity index (χ4n) is 2.20. The van der Waals surface area contributed by atoms with Gasteiger partial charge in [0.2, 0.25) is 0 Å². The van der Waals surface area contributed by atoms with E-state index in [9.17, 15) is 9.59 Å². The van der Waals surface area contributed by atoms with E-state index in [1.165, 1.54) is 4.90 Å². The van der Waals surface area contributed by atoms with Crippen LogP contribution in [0.2, 0.25) is 0 Å². The van der Waals surface area contributed by atoms with Crippen molar-refractivity contribution < 1.29 is 9.59 Å². The average Bonchev–Trinajstić information content (AvgIpc) is 2.70. The van der Waals surface area contributed by atoms with Crippen molar-refractivity contribution in [3.8, 4) is 0 Å². The molecule has 142 valence electrons. The Labute approximate surface area is 172 Å². The normalized spacial score (nSPS) is 10.4. The summed E-state index contributed by atoms with van der Waals surface area (Å²) in [7, 11) is 3.42. The highest BCUT2D eigenvalue weighted by atomic mass is 32.2. The molecule has 0 aliphatic carbocycles. The van der Waals surface area contributed by atoms with E-state index >= 15 is 0 Å². The third-order valence-corrected chi connectivity index (χ3v) is 5.67. The van der Waals surface area contributed by atoms with Gasteiger partial charge < -0.3 is 10.2 Å². The molecule has 1 heterocycles. The number of aromatic nitrogens is 1. The zero-order valence-electron chi connectivity index (χ0n) is 15.5. The number of thioether (sulfide) groups is 1. The van der Waals surface area contributed by atoms with Gasteiger partial charge in [0, 0.05) is 41.3 Å². The predicted molar refractivity (Wildman–Crippen MR) is 114 cm³/mol. The molecule has 0 aliphatic rings. The highest BCUT2D eigenvalue weighted by Gasteiger charge is 2.09. The average molecular weight is 410 g/mol. The number of anilines is 1. The SMILES string of the molecule is CN(C)C(=O)Sc1ccc(NC(=O)c2ccc(Sc3ccccn3)cc2)cc1. The van der Waals surface area contributed by atoms with E-state index in [4.69, 9.17) is 0 Å². The number of amides is 2. The minimum absolute atomic E-state index is 0.0413. The van der Waals surface area contributed by atoms with Crippen molar-refractivity contribution in [2.24, 2.45) is 0 Å². The first-order valence-electron chi connectivity index (χ1n) is 8.51. The summed E-state index contributed by atoms with van der Waals surface area (Å²) in [5.41, 5.74) is 1.25. The molecular formula is C21H19N3O2S2. The van der Waals surface area contributed by atoms with Crippen molar-refractivity contribution in [3.63, 3.8) is 0 Å². The molecule has 0 saturated heterocycles. The summed E-state index contributed by atoms with van der Waals surface area (Å²) in [6, 6.07) is 20.4. The second-order valence-electron chi connectivity index (χ2n) is 6.04. The van der Waals surface area contributed by atoms with Crippen LogP contribution < -0.4 is 5.32 Å². The third-order valence-electron chi connectivity index (χ3n) is 3.66. The van der Waals surface area contributed by atoms with Crippen LogP contribution in [0.25, 0.3) is 0 Å². The first-order chi connectivity index (χ1) is 13.5. The van der Waals surface area contributed by atoms with E-state index in [0.29, 0.717) is 11.3 Å². The van der Waals surface area contributed by atoms with Crippen molar-refractivity contribution in [2.75, 3.05) is 19.4 Å². The maximum absolute atomic E-state index is 12.4. The van der Waals surface area contributed by atoms with Crippen LogP contribution in [0.1, 0.15) is 10.4 Å². The van der Waals surface area contributed by atoms with Gasteiger partial charge in [-0.1, -0.05) is 17.8 Å². The second kappa shape index (κ2) is 9.43. The molecular weight excluding hydrogens is 390 g/mol. The molecule has 0 atom stereocenters. The summed E-state index contributed by atoms with van der Waals surface area (Å²) >= 11 is 2.69. The first-order valence-corrected chi connectivity index (χ1v) is 10.1. The van der Waals surface area contributed by atoms with Crippen LogP contribution in [0.5, 0.6) is 0 Å². The predicted octanol–water partition coefficient (Wildman–Crippen LogP) is 5.26. The van der Waals surface area contributed by atoms with Crippen LogP contribution in [-0.2, 0) is 0 Å². The Morgan fingerprint density at radius 2 is 1.57 bits per heavy atom. The van der Waals surface area contributed by atoms with Crippen molar-refractivity contribution >= 4 is 40.4 Å². The molecule has 0 bridgehead atoms. The molecule has 0 unspecified atom stereocenters. The molecule has 1 aromatic heterocycles. The number of rotatable bonds is 5. The molecule has 1 N–H and O–H groups in total. The van der Waals surface area contributed by atoms with Crippen LogP contribution in [0.4, 0.5) is 10.5 Å². The van der Waals surface area contributed by atoms with Gasteiger partial charge in [0.05, 0.1) is 0 Å². The molecule has 0 spiro atoms. The number of nitrogens with zero attached hydrogens (tertiary/aromatic N) is 2. The summed E-state index contributed by atoms with van der Waals surface area (Å²) in [5, 5.41) is 3.73. The number of nitrogens with one attached hydrogen (secondary N) is 1. The second-order valence-corrected chi connectivity index (χ2v) is 8.15. The zero-order chi connectivity index (χ0) is 19.9.